The van der Waals surface area contributed by atoms with Crippen LogP contribution in [0.5, 0.6) is 0 Å². The van der Waals surface area contributed by atoms with Gasteiger partial charge in [-0.15, -0.1) is 0 Å². The second-order valence-electron chi connectivity index (χ2n) is 10.4. The van der Waals surface area contributed by atoms with Crippen LogP contribution in [0.25, 0.3) is 55.8 Å². The molecule has 0 fully saturated rings. The van der Waals surface area contributed by atoms with E-state index in [9.17, 15) is 4.79 Å². The highest BCUT2D eigenvalue weighted by molar-refractivity contribution is 7.08. The number of amides is 1. The van der Waals surface area contributed by atoms with Gasteiger partial charge in [0, 0.05) is 52.3 Å². The second-order valence-corrected chi connectivity index (χ2v) is 11.1. The van der Waals surface area contributed by atoms with E-state index in [1.165, 1.54) is 6.07 Å². The third-order valence-electron chi connectivity index (χ3n) is 6.09. The topological polar surface area (TPSA) is 112 Å². The number of nitrogens with zero attached hydrogens (tertiary/aromatic N) is 4. The lowest BCUT2D eigenvalue weighted by atomic mass is 9.92. The van der Waals surface area contributed by atoms with Gasteiger partial charge in [0.1, 0.15) is 17.0 Å². The fourth-order valence-corrected chi connectivity index (χ4v) is 5.08. The summed E-state index contributed by atoms with van der Waals surface area (Å²) in [6, 6.07) is 8.73. The Balaban J connectivity index is 1.39. The van der Waals surface area contributed by atoms with Crippen LogP contribution in [-0.2, 0) is 4.79 Å². The maximum Gasteiger partial charge on any atom is 0.224 e. The normalized spacial score (nSPS) is 11.9. The van der Waals surface area contributed by atoms with E-state index < -0.39 is 5.82 Å². The highest BCUT2D eigenvalue weighted by Gasteiger charge is 2.19. The Labute approximate surface area is 221 Å². The van der Waals surface area contributed by atoms with Gasteiger partial charge in [0.2, 0.25) is 5.91 Å². The average Bonchev–Trinajstić information content (AvgIpc) is 3.61. The minimum absolute atomic E-state index is 0.120. The van der Waals surface area contributed by atoms with Crippen molar-refractivity contribution in [2.24, 2.45) is 5.41 Å². The molecule has 0 atom stereocenters. The Morgan fingerprint density at radius 1 is 1.08 bits per heavy atom. The first-order valence-electron chi connectivity index (χ1n) is 12.1. The van der Waals surface area contributed by atoms with Crippen molar-refractivity contribution in [3.63, 3.8) is 0 Å². The number of hydrogen-bond donors (Lipinski definition) is 3. The molecule has 0 saturated carbocycles. The Kier molecular flexibility index (Phi) is 5.76. The fraction of sp³-hybridized carbons (Fsp3) is 0.179. The van der Waals surface area contributed by atoms with Crippen LogP contribution in [0, 0.1) is 11.2 Å². The quantitative estimate of drug-likeness (QED) is 0.229. The lowest BCUT2D eigenvalue weighted by molar-refractivity contribution is -0.117. The Morgan fingerprint density at radius 2 is 1.95 bits per heavy atom. The monoisotopic (exact) mass is 525 g/mol. The molecule has 38 heavy (non-hydrogen) atoms. The largest absolute Gasteiger partial charge is 0.336 e. The summed E-state index contributed by atoms with van der Waals surface area (Å²) in [5.41, 5.74) is 5.70. The second kappa shape index (κ2) is 9.14. The van der Waals surface area contributed by atoms with Gasteiger partial charge >= 0.3 is 0 Å². The first kappa shape index (κ1) is 23.9. The Bertz CT molecular complexity index is 1800. The number of rotatable bonds is 5. The SMILES string of the molecule is CC(C)(C)CC(=O)Nc1cncc(-c2cc3c(-c4nc5c(-c6ccsc6)nccc5[nH]4)n[nH]c3cc2F)c1. The van der Waals surface area contributed by atoms with Crippen LogP contribution in [0.2, 0.25) is 0 Å². The highest BCUT2D eigenvalue weighted by Crippen LogP contribution is 2.34. The maximum atomic E-state index is 15.2. The standard InChI is InChI=1S/C28H24FN7OS/c1-28(2,3)11-23(37)32-17-8-16(12-30-13-17)18-9-19-22(10-20(18)29)35-36-25(19)27-33-21-4-6-31-24(26(21)34-27)15-5-7-38-14-15/h4-10,12-14H,11H2,1-3H3,(H,32,37)(H,33,34)(H,35,36). The molecule has 1 aromatic carbocycles. The number of anilines is 1. The van der Waals surface area contributed by atoms with E-state index in [0.717, 1.165) is 22.3 Å². The molecule has 6 rings (SSSR count). The van der Waals surface area contributed by atoms with Gasteiger partial charge in [-0.1, -0.05) is 20.8 Å². The first-order chi connectivity index (χ1) is 18.2. The van der Waals surface area contributed by atoms with Crippen molar-refractivity contribution >= 4 is 44.9 Å². The summed E-state index contributed by atoms with van der Waals surface area (Å²) < 4.78 is 15.2. The van der Waals surface area contributed by atoms with E-state index in [1.54, 1.807) is 42.1 Å². The molecule has 0 aliphatic carbocycles. The molecule has 5 aromatic heterocycles. The number of carbonyl (C=O) groups is 1. The van der Waals surface area contributed by atoms with Crippen molar-refractivity contribution in [2.75, 3.05) is 5.32 Å². The highest BCUT2D eigenvalue weighted by atomic mass is 32.1. The van der Waals surface area contributed by atoms with E-state index in [1.807, 2.05) is 43.7 Å². The molecular weight excluding hydrogens is 501 g/mol. The Morgan fingerprint density at radius 3 is 2.74 bits per heavy atom. The number of hydrogen-bond acceptors (Lipinski definition) is 6. The van der Waals surface area contributed by atoms with E-state index in [4.69, 9.17) is 4.98 Å². The van der Waals surface area contributed by atoms with Gasteiger partial charge in [-0.05, 0) is 35.1 Å². The molecule has 1 amide bonds. The summed E-state index contributed by atoms with van der Waals surface area (Å²) in [5, 5.41) is 15.0. The number of thiophene rings is 1. The number of aromatic amines is 2. The molecule has 0 radical (unpaired) electrons. The van der Waals surface area contributed by atoms with Crippen LogP contribution in [0.3, 0.4) is 0 Å². The minimum Gasteiger partial charge on any atom is -0.336 e. The molecule has 10 heteroatoms. The van der Waals surface area contributed by atoms with Gasteiger partial charge in [-0.2, -0.15) is 16.4 Å². The first-order valence-corrected chi connectivity index (χ1v) is 13.0. The van der Waals surface area contributed by atoms with Crippen LogP contribution in [0.1, 0.15) is 27.2 Å². The summed E-state index contributed by atoms with van der Waals surface area (Å²) in [6.45, 7) is 5.99. The molecule has 3 N–H and O–H groups in total. The molecule has 5 heterocycles. The lowest BCUT2D eigenvalue weighted by Gasteiger charge is -2.17. The summed E-state index contributed by atoms with van der Waals surface area (Å²) in [6.07, 6.45) is 5.23. The van der Waals surface area contributed by atoms with Crippen molar-refractivity contribution in [3.8, 4) is 33.9 Å². The summed E-state index contributed by atoms with van der Waals surface area (Å²) in [7, 11) is 0. The smallest absolute Gasteiger partial charge is 0.224 e. The van der Waals surface area contributed by atoms with Crippen LogP contribution < -0.4 is 5.32 Å². The molecule has 6 aromatic rings. The van der Waals surface area contributed by atoms with Crippen molar-refractivity contribution in [1.29, 1.82) is 0 Å². The molecule has 0 saturated heterocycles. The number of imidazole rings is 1. The molecular formula is C28H24FN7OS. The lowest BCUT2D eigenvalue weighted by Crippen LogP contribution is -2.19. The van der Waals surface area contributed by atoms with E-state index in [2.05, 4.69) is 30.5 Å². The maximum absolute atomic E-state index is 15.2. The van der Waals surface area contributed by atoms with E-state index in [-0.39, 0.29) is 11.3 Å². The van der Waals surface area contributed by atoms with E-state index >= 15 is 4.39 Å². The fourth-order valence-electron chi connectivity index (χ4n) is 4.44. The van der Waals surface area contributed by atoms with Crippen LogP contribution in [-0.4, -0.2) is 36.0 Å². The van der Waals surface area contributed by atoms with Crippen molar-refractivity contribution in [1.82, 2.24) is 30.1 Å². The number of nitrogens with one attached hydrogen (secondary N) is 3. The van der Waals surface area contributed by atoms with Gasteiger partial charge in [-0.3, -0.25) is 19.9 Å². The predicted octanol–water partition coefficient (Wildman–Crippen LogP) is 6.81. The number of pyridine rings is 2. The molecule has 0 unspecified atom stereocenters. The zero-order valence-corrected chi connectivity index (χ0v) is 21.8. The number of H-pyrrole nitrogens is 2. The predicted molar refractivity (Wildman–Crippen MR) is 148 cm³/mol. The average molecular weight is 526 g/mol. The van der Waals surface area contributed by atoms with Crippen LogP contribution >= 0.6 is 11.3 Å². The molecule has 0 spiro atoms. The number of carbonyl (C=O) groups excluding carboxylic acids is 1. The van der Waals surface area contributed by atoms with Gasteiger partial charge < -0.3 is 10.3 Å². The number of aromatic nitrogens is 6. The summed E-state index contributed by atoms with van der Waals surface area (Å²) in [5.74, 6) is 0.00140. The zero-order valence-electron chi connectivity index (χ0n) is 21.0. The number of benzene rings is 1. The van der Waals surface area contributed by atoms with Gasteiger partial charge in [0.15, 0.2) is 5.82 Å². The van der Waals surface area contributed by atoms with E-state index in [0.29, 0.717) is 45.7 Å². The van der Waals surface area contributed by atoms with Crippen molar-refractivity contribution in [3.05, 3.63) is 65.5 Å². The number of fused-ring (bicyclic) bond motifs is 2. The summed E-state index contributed by atoms with van der Waals surface area (Å²) in [4.78, 5) is 29.3. The molecule has 190 valence electrons. The summed E-state index contributed by atoms with van der Waals surface area (Å²) >= 11 is 1.60. The van der Waals surface area contributed by atoms with Crippen molar-refractivity contribution in [2.45, 2.75) is 27.2 Å². The van der Waals surface area contributed by atoms with Gasteiger partial charge in [-0.25, -0.2) is 9.37 Å². The third-order valence-corrected chi connectivity index (χ3v) is 6.78. The molecule has 0 bridgehead atoms. The molecule has 0 aliphatic rings. The van der Waals surface area contributed by atoms with Gasteiger partial charge in [0.25, 0.3) is 0 Å². The molecule has 8 nitrogen and oxygen atoms in total. The van der Waals surface area contributed by atoms with Crippen LogP contribution in [0.4, 0.5) is 10.1 Å². The molecule has 0 aliphatic heterocycles. The van der Waals surface area contributed by atoms with Crippen LogP contribution in [0.15, 0.2) is 59.7 Å². The zero-order chi connectivity index (χ0) is 26.4. The number of halogens is 1. The van der Waals surface area contributed by atoms with Crippen molar-refractivity contribution < 1.29 is 9.18 Å². The van der Waals surface area contributed by atoms with Gasteiger partial charge in [0.05, 0.1) is 28.6 Å². The minimum atomic E-state index is -0.429. The third kappa shape index (κ3) is 4.54. The Hall–Kier alpha value is -4.44.